The fourth-order valence-electron chi connectivity index (χ4n) is 3.62. The van der Waals surface area contributed by atoms with Gasteiger partial charge in [-0.25, -0.2) is 0 Å². The van der Waals surface area contributed by atoms with Crippen molar-refractivity contribution in [3.63, 3.8) is 0 Å². The molecule has 4 nitrogen and oxygen atoms in total. The van der Waals surface area contributed by atoms with Crippen LogP contribution in [0, 0.1) is 0 Å². The van der Waals surface area contributed by atoms with Gasteiger partial charge in [0.1, 0.15) is 0 Å². The van der Waals surface area contributed by atoms with Gasteiger partial charge in [0.05, 0.1) is 6.10 Å². The average molecular weight is 253 g/mol. The topological polar surface area (TPSA) is 41.7 Å². The van der Waals surface area contributed by atoms with E-state index in [9.17, 15) is 0 Å². The lowest BCUT2D eigenvalue weighted by molar-refractivity contribution is 0.0396. The van der Waals surface area contributed by atoms with Crippen LogP contribution in [0.5, 0.6) is 0 Å². The summed E-state index contributed by atoms with van der Waals surface area (Å²) >= 11 is 0. The normalized spacial score (nSPS) is 40.0. The molecule has 2 atom stereocenters. The molecule has 0 bridgehead atoms. The summed E-state index contributed by atoms with van der Waals surface area (Å²) < 4.78 is 5.77. The number of ether oxygens (including phenoxy) is 1. The molecule has 2 heterocycles. The summed E-state index contributed by atoms with van der Waals surface area (Å²) in [5, 5.41) is 0. The maximum Gasteiger partial charge on any atom is 0.0674 e. The lowest BCUT2D eigenvalue weighted by atomic mass is 9.95. The van der Waals surface area contributed by atoms with E-state index in [4.69, 9.17) is 10.5 Å². The number of hydrogen-bond acceptors (Lipinski definition) is 4. The van der Waals surface area contributed by atoms with Gasteiger partial charge in [-0.3, -0.25) is 9.80 Å². The van der Waals surface area contributed by atoms with Crippen molar-refractivity contribution in [1.29, 1.82) is 0 Å². The third-order valence-electron chi connectivity index (χ3n) is 4.93. The van der Waals surface area contributed by atoms with Crippen LogP contribution in [-0.4, -0.2) is 66.8 Å². The second kappa shape index (κ2) is 5.08. The first-order chi connectivity index (χ1) is 8.73. The van der Waals surface area contributed by atoms with Crippen molar-refractivity contribution in [3.05, 3.63) is 0 Å². The zero-order chi connectivity index (χ0) is 12.6. The van der Waals surface area contributed by atoms with E-state index in [1.54, 1.807) is 0 Å². The van der Waals surface area contributed by atoms with E-state index >= 15 is 0 Å². The van der Waals surface area contributed by atoms with E-state index in [2.05, 4.69) is 16.7 Å². The summed E-state index contributed by atoms with van der Waals surface area (Å²) in [6, 6.07) is 0.874. The molecular formula is C14H27N3O. The Balaban J connectivity index is 1.69. The van der Waals surface area contributed by atoms with Crippen LogP contribution in [0.4, 0.5) is 0 Å². The van der Waals surface area contributed by atoms with Crippen molar-refractivity contribution < 1.29 is 4.74 Å². The molecule has 0 aromatic rings. The van der Waals surface area contributed by atoms with E-state index in [-0.39, 0.29) is 5.54 Å². The predicted molar refractivity (Wildman–Crippen MR) is 72.6 cm³/mol. The van der Waals surface area contributed by atoms with Gasteiger partial charge in [0, 0.05) is 50.9 Å². The van der Waals surface area contributed by atoms with Crippen LogP contribution in [0.1, 0.15) is 32.6 Å². The molecule has 1 saturated carbocycles. The highest BCUT2D eigenvalue weighted by molar-refractivity contribution is 5.04. The predicted octanol–water partition coefficient (Wildman–Crippen LogP) is 0.663. The van der Waals surface area contributed by atoms with Crippen molar-refractivity contribution in [2.75, 3.05) is 39.3 Å². The second-order valence-corrected chi connectivity index (χ2v) is 6.36. The van der Waals surface area contributed by atoms with Crippen molar-refractivity contribution in [1.82, 2.24) is 9.80 Å². The van der Waals surface area contributed by atoms with Crippen molar-refractivity contribution in [3.8, 4) is 0 Å². The highest BCUT2D eigenvalue weighted by Crippen LogP contribution is 2.36. The van der Waals surface area contributed by atoms with E-state index < -0.39 is 0 Å². The maximum atomic E-state index is 6.17. The summed E-state index contributed by atoms with van der Waals surface area (Å²) in [5.41, 5.74) is 6.40. The first-order valence-electron chi connectivity index (χ1n) is 7.54. The molecule has 104 valence electrons. The molecular weight excluding hydrogens is 226 g/mol. The van der Waals surface area contributed by atoms with Crippen LogP contribution in [0.25, 0.3) is 0 Å². The van der Waals surface area contributed by atoms with Crippen LogP contribution in [0.15, 0.2) is 0 Å². The average Bonchev–Trinajstić information content (AvgIpc) is 3.16. The molecule has 2 aliphatic heterocycles. The van der Waals surface area contributed by atoms with Crippen LogP contribution in [0.3, 0.4) is 0 Å². The van der Waals surface area contributed by atoms with Crippen molar-refractivity contribution in [2.24, 2.45) is 5.73 Å². The number of likely N-dealkylation sites (tertiary alicyclic amines) is 1. The second-order valence-electron chi connectivity index (χ2n) is 6.36. The molecule has 18 heavy (non-hydrogen) atoms. The van der Waals surface area contributed by atoms with Crippen LogP contribution in [-0.2, 0) is 4.74 Å². The summed E-state index contributed by atoms with van der Waals surface area (Å²) in [6.45, 7) is 8.52. The minimum atomic E-state index is 0.227. The Hall–Kier alpha value is -0.160. The van der Waals surface area contributed by atoms with Gasteiger partial charge < -0.3 is 10.5 Å². The molecule has 0 spiro atoms. The summed E-state index contributed by atoms with van der Waals surface area (Å²) in [5.74, 6) is 0. The van der Waals surface area contributed by atoms with Gasteiger partial charge >= 0.3 is 0 Å². The number of nitrogens with zero attached hydrogens (tertiary/aromatic N) is 2. The SMILES string of the molecule is CC1CN(C2(CN)CCN(C3CC3)C2)CCCO1. The van der Waals surface area contributed by atoms with Crippen LogP contribution < -0.4 is 5.73 Å². The first-order valence-corrected chi connectivity index (χ1v) is 7.54. The van der Waals surface area contributed by atoms with E-state index in [0.29, 0.717) is 6.10 Å². The third kappa shape index (κ3) is 2.44. The molecule has 2 unspecified atom stereocenters. The Bertz CT molecular complexity index is 295. The van der Waals surface area contributed by atoms with Crippen LogP contribution in [0.2, 0.25) is 0 Å². The van der Waals surface area contributed by atoms with Crippen LogP contribution >= 0.6 is 0 Å². The Morgan fingerprint density at radius 1 is 1.33 bits per heavy atom. The minimum Gasteiger partial charge on any atom is -0.377 e. The summed E-state index contributed by atoms with van der Waals surface area (Å²) in [6.07, 6.45) is 5.55. The molecule has 0 aromatic heterocycles. The van der Waals surface area contributed by atoms with Gasteiger partial charge in [-0.05, 0) is 32.6 Å². The molecule has 4 heteroatoms. The third-order valence-corrected chi connectivity index (χ3v) is 4.93. The van der Waals surface area contributed by atoms with Crippen molar-refractivity contribution >= 4 is 0 Å². The molecule has 2 saturated heterocycles. The highest BCUT2D eigenvalue weighted by atomic mass is 16.5. The smallest absolute Gasteiger partial charge is 0.0674 e. The summed E-state index contributed by atoms with van der Waals surface area (Å²) in [7, 11) is 0. The molecule has 1 aliphatic carbocycles. The number of rotatable bonds is 3. The standard InChI is InChI=1S/C14H27N3O/c1-12-9-17(6-2-8-18-12)14(10-15)5-7-16(11-14)13-3-4-13/h12-13H,2-11,15H2,1H3. The van der Waals surface area contributed by atoms with E-state index in [1.807, 2.05) is 0 Å². The fourth-order valence-corrected chi connectivity index (χ4v) is 3.62. The Morgan fingerprint density at radius 2 is 2.17 bits per heavy atom. The Morgan fingerprint density at radius 3 is 2.89 bits per heavy atom. The molecule has 0 radical (unpaired) electrons. The van der Waals surface area contributed by atoms with E-state index in [1.165, 1.54) is 32.4 Å². The molecule has 0 aromatic carbocycles. The Labute approximate surface area is 110 Å². The first kappa shape index (κ1) is 12.9. The molecule has 3 rings (SSSR count). The minimum absolute atomic E-state index is 0.227. The lowest BCUT2D eigenvalue weighted by Gasteiger charge is -2.40. The summed E-state index contributed by atoms with van der Waals surface area (Å²) in [4.78, 5) is 5.30. The largest absolute Gasteiger partial charge is 0.377 e. The Kier molecular flexibility index (Phi) is 3.63. The number of hydrogen-bond donors (Lipinski definition) is 1. The maximum absolute atomic E-state index is 6.17. The van der Waals surface area contributed by atoms with Crippen molar-refractivity contribution in [2.45, 2.75) is 50.3 Å². The molecule has 3 fully saturated rings. The van der Waals surface area contributed by atoms with Gasteiger partial charge in [0.15, 0.2) is 0 Å². The lowest BCUT2D eigenvalue weighted by Crippen LogP contribution is -2.57. The zero-order valence-electron chi connectivity index (χ0n) is 11.6. The van der Waals surface area contributed by atoms with Gasteiger partial charge in [0.2, 0.25) is 0 Å². The monoisotopic (exact) mass is 253 g/mol. The van der Waals surface area contributed by atoms with Gasteiger partial charge in [0.25, 0.3) is 0 Å². The van der Waals surface area contributed by atoms with Gasteiger partial charge in [-0.1, -0.05) is 0 Å². The quantitative estimate of drug-likeness (QED) is 0.802. The molecule has 2 N–H and O–H groups in total. The number of nitrogens with two attached hydrogens (primary N) is 1. The van der Waals surface area contributed by atoms with Gasteiger partial charge in [-0.15, -0.1) is 0 Å². The molecule has 0 amide bonds. The molecule has 3 aliphatic rings. The zero-order valence-corrected chi connectivity index (χ0v) is 11.6. The van der Waals surface area contributed by atoms with E-state index in [0.717, 1.165) is 38.7 Å². The highest BCUT2D eigenvalue weighted by Gasteiger charge is 2.46. The van der Waals surface area contributed by atoms with Gasteiger partial charge in [-0.2, -0.15) is 0 Å². The fraction of sp³-hybridized carbons (Fsp3) is 1.00.